The van der Waals surface area contributed by atoms with E-state index in [0.717, 1.165) is 51.4 Å². The van der Waals surface area contributed by atoms with Crippen LogP contribution in [0.25, 0.3) is 0 Å². The molecule has 1 amide bonds. The first kappa shape index (κ1) is 71.8. The van der Waals surface area contributed by atoms with Gasteiger partial charge in [0.15, 0.2) is 0 Å². The Labute approximate surface area is 461 Å². The van der Waals surface area contributed by atoms with Gasteiger partial charge in [0.1, 0.15) is 0 Å². The van der Waals surface area contributed by atoms with Gasteiger partial charge in [-0.15, -0.1) is 0 Å². The van der Waals surface area contributed by atoms with Crippen LogP contribution in [-0.2, 0) is 14.3 Å². The van der Waals surface area contributed by atoms with Gasteiger partial charge in [0.25, 0.3) is 0 Å². The molecule has 0 fully saturated rings. The van der Waals surface area contributed by atoms with E-state index in [1.54, 1.807) is 6.08 Å². The van der Waals surface area contributed by atoms with E-state index in [9.17, 15) is 19.8 Å². The molecular weight excluding hydrogens is 911 g/mol. The number of aliphatic hydroxyl groups is 2. The van der Waals surface area contributed by atoms with Crippen molar-refractivity contribution < 1.29 is 24.5 Å². The van der Waals surface area contributed by atoms with Crippen LogP contribution >= 0.6 is 0 Å². The van der Waals surface area contributed by atoms with Crippen molar-refractivity contribution in [2.45, 2.75) is 360 Å². The number of rotatable bonds is 61. The lowest BCUT2D eigenvalue weighted by atomic mass is 10.0. The molecule has 0 heterocycles. The molecule has 0 aliphatic rings. The molecule has 0 rings (SSSR count). The molecule has 0 spiro atoms. The predicted molar refractivity (Wildman–Crippen MR) is 324 cm³/mol. The number of carbonyl (C=O) groups is 2. The summed E-state index contributed by atoms with van der Waals surface area (Å²) in [6.45, 7) is 4.85. The second-order valence-electron chi connectivity index (χ2n) is 22.4. The molecule has 6 heteroatoms. The number of nitrogens with one attached hydrogen (secondary N) is 1. The maximum absolute atomic E-state index is 12.5. The van der Waals surface area contributed by atoms with Gasteiger partial charge in [-0.1, -0.05) is 300 Å². The fourth-order valence-electron chi connectivity index (χ4n) is 10.0. The maximum atomic E-state index is 12.5. The maximum Gasteiger partial charge on any atom is 0.305 e. The summed E-state index contributed by atoms with van der Waals surface area (Å²) in [5.41, 5.74) is 0. The van der Waals surface area contributed by atoms with Crippen molar-refractivity contribution in [1.29, 1.82) is 0 Å². The molecule has 0 bridgehead atoms. The van der Waals surface area contributed by atoms with Crippen LogP contribution in [0.15, 0.2) is 48.6 Å². The summed E-state index contributed by atoms with van der Waals surface area (Å²) >= 11 is 0. The normalized spacial score (nSPS) is 12.9. The zero-order valence-corrected chi connectivity index (χ0v) is 49.6. The summed E-state index contributed by atoms with van der Waals surface area (Å²) in [6.07, 6.45) is 81.8. The van der Waals surface area contributed by atoms with Crippen LogP contribution in [0.1, 0.15) is 348 Å². The Balaban J connectivity index is 3.38. The molecule has 0 aliphatic heterocycles. The molecule has 0 saturated carbocycles. The summed E-state index contributed by atoms with van der Waals surface area (Å²) in [7, 11) is 0. The number of allylic oxidation sites excluding steroid dienone is 7. The van der Waals surface area contributed by atoms with E-state index in [4.69, 9.17) is 4.74 Å². The van der Waals surface area contributed by atoms with Crippen LogP contribution in [-0.4, -0.2) is 47.4 Å². The first-order valence-electron chi connectivity index (χ1n) is 32.9. The monoisotopic (exact) mass is 1040 g/mol. The Hall–Kier alpha value is -2.18. The van der Waals surface area contributed by atoms with Gasteiger partial charge in [0.05, 0.1) is 25.4 Å². The quantitative estimate of drug-likeness (QED) is 0.0320. The Kier molecular flexibility index (Phi) is 61.5. The molecule has 74 heavy (non-hydrogen) atoms. The standard InChI is InChI=1S/C68H127NO5/c1-3-5-7-9-11-13-15-17-37-40-44-48-52-56-60-66(71)65(64-70)69-67(72)61-57-53-49-45-41-38-34-32-30-28-26-24-22-20-18-19-21-23-25-27-29-31-33-35-39-43-47-51-55-59-63-74-68(73)62-58-54-50-46-42-36-16-14-12-10-8-6-4-2/h8,10,14,16,19,21,56,60,65-66,70-71H,3-7,9,11-13,15,17-18,20,22-55,57-59,61-64H2,1-2H3,(H,69,72)/b10-8-,16-14-,21-19-,60-56+. The summed E-state index contributed by atoms with van der Waals surface area (Å²) in [5, 5.41) is 23.1. The van der Waals surface area contributed by atoms with E-state index in [2.05, 4.69) is 55.6 Å². The Morgan fingerprint density at radius 1 is 0.378 bits per heavy atom. The Morgan fingerprint density at radius 2 is 0.703 bits per heavy atom. The summed E-state index contributed by atoms with van der Waals surface area (Å²) in [4.78, 5) is 24.5. The number of hydrogen-bond acceptors (Lipinski definition) is 5. The van der Waals surface area contributed by atoms with Gasteiger partial charge in [-0.05, 0) is 83.5 Å². The van der Waals surface area contributed by atoms with Crippen LogP contribution in [0.2, 0.25) is 0 Å². The Bertz CT molecular complexity index is 1240. The van der Waals surface area contributed by atoms with Crippen LogP contribution in [0.3, 0.4) is 0 Å². The third-order valence-corrected chi connectivity index (χ3v) is 15.0. The average Bonchev–Trinajstić information content (AvgIpc) is 3.40. The van der Waals surface area contributed by atoms with E-state index in [1.807, 2.05) is 6.08 Å². The molecule has 3 N–H and O–H groups in total. The van der Waals surface area contributed by atoms with Crippen LogP contribution in [0.5, 0.6) is 0 Å². The number of esters is 1. The molecule has 0 aromatic carbocycles. The highest BCUT2D eigenvalue weighted by atomic mass is 16.5. The lowest BCUT2D eigenvalue weighted by molar-refractivity contribution is -0.143. The summed E-state index contributed by atoms with van der Waals surface area (Å²) in [5.74, 6) is -0.0645. The molecule has 0 aromatic heterocycles. The average molecular weight is 1040 g/mol. The largest absolute Gasteiger partial charge is 0.466 e. The topological polar surface area (TPSA) is 95.9 Å². The van der Waals surface area contributed by atoms with Crippen LogP contribution in [0.4, 0.5) is 0 Å². The molecule has 0 aliphatic carbocycles. The van der Waals surface area contributed by atoms with Gasteiger partial charge >= 0.3 is 5.97 Å². The minimum Gasteiger partial charge on any atom is -0.466 e. The zero-order chi connectivity index (χ0) is 53.6. The Morgan fingerprint density at radius 3 is 1.09 bits per heavy atom. The van der Waals surface area contributed by atoms with Gasteiger partial charge in [-0.2, -0.15) is 0 Å². The molecular formula is C68H127NO5. The molecule has 2 atom stereocenters. The van der Waals surface area contributed by atoms with Crippen LogP contribution < -0.4 is 5.32 Å². The first-order valence-corrected chi connectivity index (χ1v) is 32.9. The predicted octanol–water partition coefficient (Wildman–Crippen LogP) is 20.9. The third-order valence-electron chi connectivity index (χ3n) is 15.0. The highest BCUT2D eigenvalue weighted by Crippen LogP contribution is 2.17. The zero-order valence-electron chi connectivity index (χ0n) is 49.6. The second kappa shape index (κ2) is 63.4. The molecule has 0 aromatic rings. The van der Waals surface area contributed by atoms with Crippen molar-refractivity contribution in [3.05, 3.63) is 48.6 Å². The molecule has 6 nitrogen and oxygen atoms in total. The number of aliphatic hydroxyl groups excluding tert-OH is 2. The van der Waals surface area contributed by atoms with Gasteiger partial charge in [-0.25, -0.2) is 0 Å². The van der Waals surface area contributed by atoms with E-state index in [-0.39, 0.29) is 18.5 Å². The van der Waals surface area contributed by atoms with Gasteiger partial charge in [0.2, 0.25) is 5.91 Å². The van der Waals surface area contributed by atoms with Gasteiger partial charge in [0, 0.05) is 12.8 Å². The summed E-state index contributed by atoms with van der Waals surface area (Å²) < 4.78 is 5.47. The van der Waals surface area contributed by atoms with E-state index in [1.165, 1.54) is 270 Å². The van der Waals surface area contributed by atoms with Crippen LogP contribution in [0, 0.1) is 0 Å². The van der Waals surface area contributed by atoms with E-state index in [0.29, 0.717) is 19.4 Å². The van der Waals surface area contributed by atoms with Gasteiger partial charge in [-0.3, -0.25) is 9.59 Å². The van der Waals surface area contributed by atoms with Crippen molar-refractivity contribution >= 4 is 11.9 Å². The highest BCUT2D eigenvalue weighted by Gasteiger charge is 2.18. The first-order chi connectivity index (χ1) is 36.5. The minimum absolute atomic E-state index is 0.00114. The smallest absolute Gasteiger partial charge is 0.305 e. The molecule has 434 valence electrons. The van der Waals surface area contributed by atoms with Crippen molar-refractivity contribution in [3.8, 4) is 0 Å². The number of ether oxygens (including phenoxy) is 1. The number of unbranched alkanes of at least 4 members (excludes halogenated alkanes) is 44. The van der Waals surface area contributed by atoms with Crippen molar-refractivity contribution in [1.82, 2.24) is 5.32 Å². The fourth-order valence-corrected chi connectivity index (χ4v) is 10.0. The number of hydrogen-bond donors (Lipinski definition) is 3. The molecule has 2 unspecified atom stereocenters. The van der Waals surface area contributed by atoms with Crippen molar-refractivity contribution in [2.75, 3.05) is 13.2 Å². The number of carbonyl (C=O) groups excluding carboxylic acids is 2. The fraction of sp³-hybridized carbons (Fsp3) is 0.853. The minimum atomic E-state index is -0.843. The lowest BCUT2D eigenvalue weighted by Gasteiger charge is -2.20. The van der Waals surface area contributed by atoms with E-state index >= 15 is 0 Å². The van der Waals surface area contributed by atoms with Crippen molar-refractivity contribution in [2.24, 2.45) is 0 Å². The lowest BCUT2D eigenvalue weighted by Crippen LogP contribution is -2.45. The SMILES string of the molecule is CCC/C=C\C/C=C\CCCCCCCC(=O)OCCCCCCCCCCCCCC/C=C\CCCCCCCCCCCCCCCCC(=O)NC(CO)C(O)/C=C/CCCCCCCCCCCCCC. The highest BCUT2D eigenvalue weighted by molar-refractivity contribution is 5.76. The van der Waals surface area contributed by atoms with Crippen molar-refractivity contribution in [3.63, 3.8) is 0 Å². The van der Waals surface area contributed by atoms with E-state index < -0.39 is 12.1 Å². The second-order valence-corrected chi connectivity index (χ2v) is 22.4. The third kappa shape index (κ3) is 59.1. The molecule has 0 saturated heterocycles. The van der Waals surface area contributed by atoms with Gasteiger partial charge < -0.3 is 20.3 Å². The number of amides is 1. The summed E-state index contributed by atoms with van der Waals surface area (Å²) in [6, 6.07) is -0.627. The molecule has 0 radical (unpaired) electrons.